The highest BCUT2D eigenvalue weighted by atomic mass is 28.4. The molecule has 136 valence electrons. The summed E-state index contributed by atoms with van der Waals surface area (Å²) >= 11 is 0. The molecule has 0 aromatic carbocycles. The maximum Gasteiger partial charge on any atom is 0.351 e. The number of ether oxygens (including phenoxy) is 1. The van der Waals surface area contributed by atoms with Crippen LogP contribution in [0.3, 0.4) is 0 Å². The summed E-state index contributed by atoms with van der Waals surface area (Å²) in [6.45, 7) is 5.89. The molecule has 0 saturated carbocycles. The lowest BCUT2D eigenvalue weighted by Gasteiger charge is -2.34. The molecule has 2 rings (SSSR count). The number of nitrogens with two attached hydrogens (primary N) is 1. The summed E-state index contributed by atoms with van der Waals surface area (Å²) in [5, 5.41) is 20.0. The van der Waals surface area contributed by atoms with Gasteiger partial charge in [-0.1, -0.05) is 20.8 Å². The predicted octanol–water partition coefficient (Wildman–Crippen LogP) is 0.466. The van der Waals surface area contributed by atoms with Crippen LogP contribution in [-0.2, 0) is 9.16 Å². The van der Waals surface area contributed by atoms with Crippen molar-refractivity contribution in [3.05, 3.63) is 22.7 Å². The van der Waals surface area contributed by atoms with Gasteiger partial charge in [-0.05, 0) is 24.2 Å². The quantitative estimate of drug-likeness (QED) is 0.607. The Morgan fingerprint density at radius 3 is 2.50 bits per heavy atom. The summed E-state index contributed by atoms with van der Waals surface area (Å²) in [6, 6.07) is 4.18. The second-order valence-electron chi connectivity index (χ2n) is 6.11. The van der Waals surface area contributed by atoms with E-state index in [2.05, 4.69) is 25.8 Å². The van der Waals surface area contributed by atoms with Crippen LogP contribution in [0.25, 0.3) is 0 Å². The molecule has 0 radical (unpaired) electrons. The van der Waals surface area contributed by atoms with Gasteiger partial charge in [-0.3, -0.25) is 4.57 Å². The Kier molecular flexibility index (Phi) is 6.15. The molecular formula is C15H27N3O5Si. The van der Waals surface area contributed by atoms with Crippen molar-refractivity contribution in [2.24, 2.45) is 0 Å². The molecule has 1 aliphatic heterocycles. The minimum atomic E-state index is -2.05. The highest BCUT2D eigenvalue weighted by Gasteiger charge is 2.48. The van der Waals surface area contributed by atoms with Gasteiger partial charge in [0.25, 0.3) is 0 Å². The second kappa shape index (κ2) is 7.75. The number of aliphatic hydroxyl groups excluding tert-OH is 2. The molecule has 24 heavy (non-hydrogen) atoms. The molecule has 1 aromatic heterocycles. The van der Waals surface area contributed by atoms with E-state index in [9.17, 15) is 15.0 Å². The number of nitrogens with zero attached hydrogens (tertiary/aromatic N) is 2. The van der Waals surface area contributed by atoms with Crippen LogP contribution in [-0.4, -0.2) is 53.0 Å². The first-order chi connectivity index (χ1) is 11.4. The van der Waals surface area contributed by atoms with Crippen molar-refractivity contribution in [1.29, 1.82) is 0 Å². The van der Waals surface area contributed by atoms with Gasteiger partial charge in [-0.15, -0.1) is 0 Å². The van der Waals surface area contributed by atoms with Crippen LogP contribution in [0.2, 0.25) is 18.1 Å². The van der Waals surface area contributed by atoms with Crippen LogP contribution in [0.15, 0.2) is 17.1 Å². The summed E-state index contributed by atoms with van der Waals surface area (Å²) in [5.74, 6) is 0.116. The number of nitrogen functional groups attached to an aromatic ring is 1. The zero-order valence-corrected chi connectivity index (χ0v) is 15.4. The summed E-state index contributed by atoms with van der Waals surface area (Å²) < 4.78 is 13.3. The number of hydrogen-bond acceptors (Lipinski definition) is 7. The molecule has 9 heteroatoms. The standard InChI is InChI=1S/C15H27N3O5Si/c1-4-24(5-2,6-3)23-13-12(20)10(9-19)22-14(13)18-8-7-11(16)17-15(18)21/h7-8,10,12-14,19-20H,4-6,9H2,1-3H3,(H2,16,17,21). The molecule has 1 aliphatic rings. The van der Waals surface area contributed by atoms with Gasteiger partial charge in [0.05, 0.1) is 6.61 Å². The van der Waals surface area contributed by atoms with E-state index >= 15 is 0 Å². The molecule has 1 fully saturated rings. The van der Waals surface area contributed by atoms with E-state index in [-0.39, 0.29) is 12.4 Å². The van der Waals surface area contributed by atoms with Crippen molar-refractivity contribution in [3.8, 4) is 0 Å². The Labute approximate surface area is 142 Å². The first-order valence-electron chi connectivity index (χ1n) is 8.38. The monoisotopic (exact) mass is 357 g/mol. The molecule has 1 saturated heterocycles. The third kappa shape index (κ3) is 3.54. The molecule has 8 nitrogen and oxygen atoms in total. The van der Waals surface area contributed by atoms with Gasteiger partial charge in [-0.2, -0.15) is 4.98 Å². The van der Waals surface area contributed by atoms with Crippen LogP contribution in [0, 0.1) is 0 Å². The van der Waals surface area contributed by atoms with E-state index in [4.69, 9.17) is 14.9 Å². The lowest BCUT2D eigenvalue weighted by molar-refractivity contribution is -0.0532. The third-order valence-electron chi connectivity index (χ3n) is 4.94. The average Bonchev–Trinajstić information content (AvgIpc) is 2.88. The van der Waals surface area contributed by atoms with E-state index in [0.29, 0.717) is 0 Å². The van der Waals surface area contributed by atoms with Crippen LogP contribution in [0.1, 0.15) is 27.0 Å². The Morgan fingerprint density at radius 2 is 2.00 bits per heavy atom. The van der Waals surface area contributed by atoms with Crippen molar-refractivity contribution in [2.45, 2.75) is 63.4 Å². The maximum absolute atomic E-state index is 12.2. The number of hydrogen-bond donors (Lipinski definition) is 3. The van der Waals surface area contributed by atoms with Crippen molar-refractivity contribution in [3.63, 3.8) is 0 Å². The smallest absolute Gasteiger partial charge is 0.351 e. The van der Waals surface area contributed by atoms with Gasteiger partial charge in [-0.25, -0.2) is 4.79 Å². The lowest BCUT2D eigenvalue weighted by atomic mass is 10.1. The highest BCUT2D eigenvalue weighted by molar-refractivity contribution is 6.73. The van der Waals surface area contributed by atoms with Crippen LogP contribution >= 0.6 is 0 Å². The van der Waals surface area contributed by atoms with E-state index in [1.165, 1.54) is 16.8 Å². The molecule has 0 bridgehead atoms. The zero-order chi connectivity index (χ0) is 17.9. The Balaban J connectivity index is 2.38. The van der Waals surface area contributed by atoms with E-state index < -0.39 is 38.5 Å². The van der Waals surface area contributed by atoms with Crippen molar-refractivity contribution >= 4 is 14.1 Å². The number of rotatable bonds is 7. The van der Waals surface area contributed by atoms with Crippen molar-refractivity contribution < 1.29 is 19.4 Å². The van der Waals surface area contributed by atoms with Crippen molar-refractivity contribution in [1.82, 2.24) is 9.55 Å². The Bertz CT molecular complexity index is 599. The zero-order valence-electron chi connectivity index (χ0n) is 14.4. The molecule has 1 aromatic rings. The number of aliphatic hydroxyl groups is 2. The Hall–Kier alpha value is -1.26. The summed E-state index contributed by atoms with van der Waals surface area (Å²) in [6.07, 6.45) is -1.90. The first kappa shape index (κ1) is 19.1. The fraction of sp³-hybridized carbons (Fsp3) is 0.733. The molecule has 0 amide bonds. The van der Waals surface area contributed by atoms with Gasteiger partial charge in [0.2, 0.25) is 0 Å². The summed E-state index contributed by atoms with van der Waals surface area (Å²) in [4.78, 5) is 15.9. The van der Waals surface area contributed by atoms with E-state index in [0.717, 1.165) is 18.1 Å². The SMILES string of the molecule is CC[Si](CC)(CC)OC1C(O)C(CO)OC1n1ccc(N)nc1=O. The predicted molar refractivity (Wildman–Crippen MR) is 92.0 cm³/mol. The minimum Gasteiger partial charge on any atom is -0.407 e. The molecular weight excluding hydrogens is 330 g/mol. The van der Waals surface area contributed by atoms with Crippen LogP contribution in [0.4, 0.5) is 5.82 Å². The van der Waals surface area contributed by atoms with Gasteiger partial charge >= 0.3 is 5.69 Å². The third-order valence-corrected chi connectivity index (χ3v) is 9.58. The largest absolute Gasteiger partial charge is 0.407 e. The molecule has 0 spiro atoms. The fourth-order valence-electron chi connectivity index (χ4n) is 3.13. The summed E-state index contributed by atoms with van der Waals surface area (Å²) in [5.41, 5.74) is 4.96. The highest BCUT2D eigenvalue weighted by Crippen LogP contribution is 2.35. The maximum atomic E-state index is 12.2. The van der Waals surface area contributed by atoms with Gasteiger partial charge in [0.1, 0.15) is 24.1 Å². The van der Waals surface area contributed by atoms with E-state index in [1.807, 2.05) is 0 Å². The molecule has 0 aliphatic carbocycles. The van der Waals surface area contributed by atoms with E-state index in [1.54, 1.807) is 0 Å². The first-order valence-corrected chi connectivity index (χ1v) is 10.9. The minimum absolute atomic E-state index is 0.116. The molecule has 2 heterocycles. The van der Waals surface area contributed by atoms with Gasteiger partial charge < -0.3 is 25.1 Å². The molecule has 4 N–H and O–H groups in total. The fourth-order valence-corrected chi connectivity index (χ4v) is 5.96. The average molecular weight is 357 g/mol. The lowest BCUT2D eigenvalue weighted by Crippen LogP contribution is -2.47. The van der Waals surface area contributed by atoms with Gasteiger partial charge in [0.15, 0.2) is 14.5 Å². The summed E-state index contributed by atoms with van der Waals surface area (Å²) in [7, 11) is -2.05. The number of aromatic nitrogens is 2. The molecule has 4 unspecified atom stereocenters. The van der Waals surface area contributed by atoms with Crippen molar-refractivity contribution in [2.75, 3.05) is 12.3 Å². The second-order valence-corrected chi connectivity index (χ2v) is 10.8. The topological polar surface area (TPSA) is 120 Å². The Morgan fingerprint density at radius 1 is 1.38 bits per heavy atom. The normalized spacial score (nSPS) is 27.5. The molecule has 4 atom stereocenters. The van der Waals surface area contributed by atoms with Gasteiger partial charge in [0, 0.05) is 6.20 Å². The van der Waals surface area contributed by atoms with Crippen LogP contribution < -0.4 is 11.4 Å². The number of anilines is 1. The van der Waals surface area contributed by atoms with Crippen LogP contribution in [0.5, 0.6) is 0 Å².